The van der Waals surface area contributed by atoms with Crippen LogP contribution in [0.3, 0.4) is 0 Å². The van der Waals surface area contributed by atoms with Gasteiger partial charge in [0.2, 0.25) is 0 Å². The van der Waals surface area contributed by atoms with Crippen LogP contribution in [0.5, 0.6) is 0 Å². The monoisotopic (exact) mass is 258 g/mol. The van der Waals surface area contributed by atoms with Crippen molar-refractivity contribution in [3.05, 3.63) is 42.0 Å². The molecule has 1 aromatic carbocycles. The van der Waals surface area contributed by atoms with Gasteiger partial charge in [-0.25, -0.2) is 0 Å². The van der Waals surface area contributed by atoms with Gasteiger partial charge >= 0.3 is 0 Å². The normalized spacial score (nSPS) is 11.6. The highest BCUT2D eigenvalue weighted by Crippen LogP contribution is 2.28. The molecule has 0 aliphatic heterocycles. The molecule has 0 amide bonds. The van der Waals surface area contributed by atoms with Gasteiger partial charge in [0.15, 0.2) is 0 Å². The predicted molar refractivity (Wildman–Crippen MR) is 79.4 cm³/mol. The fraction of sp³-hybridized carbons (Fsp3) is 0.412. The molecule has 102 valence electrons. The minimum atomic E-state index is -0.456. The molecule has 0 spiro atoms. The molecule has 0 fully saturated rings. The number of hydrogen-bond acceptors (Lipinski definition) is 2. The van der Waals surface area contributed by atoms with E-state index in [1.807, 2.05) is 42.5 Å². The van der Waals surface area contributed by atoms with E-state index in [2.05, 4.69) is 5.92 Å². The lowest BCUT2D eigenvalue weighted by Crippen LogP contribution is -2.29. The van der Waals surface area contributed by atoms with E-state index in [9.17, 15) is 10.2 Å². The van der Waals surface area contributed by atoms with Gasteiger partial charge in [0.25, 0.3) is 0 Å². The first-order valence-electron chi connectivity index (χ1n) is 6.63. The van der Waals surface area contributed by atoms with Crippen molar-refractivity contribution < 1.29 is 10.2 Å². The Labute approximate surface area is 115 Å². The van der Waals surface area contributed by atoms with Crippen molar-refractivity contribution in [2.45, 2.75) is 25.7 Å². The average Bonchev–Trinajstić information content (AvgIpc) is 2.47. The Bertz CT molecular complexity index is 411. The number of aliphatic hydroxyl groups is 2. The van der Waals surface area contributed by atoms with Gasteiger partial charge in [-0.2, -0.15) is 0 Å². The number of allylic oxidation sites excluding steroid dienone is 1. The zero-order valence-corrected chi connectivity index (χ0v) is 11.3. The average molecular weight is 258 g/mol. The first-order valence-corrected chi connectivity index (χ1v) is 6.63. The summed E-state index contributed by atoms with van der Waals surface area (Å²) < 4.78 is 0. The van der Waals surface area contributed by atoms with Gasteiger partial charge in [-0.15, -0.1) is 12.3 Å². The van der Waals surface area contributed by atoms with E-state index in [1.54, 1.807) is 0 Å². The predicted octanol–water partition coefficient (Wildman–Crippen LogP) is 2.86. The van der Waals surface area contributed by atoms with Crippen LogP contribution >= 0.6 is 0 Å². The lowest BCUT2D eigenvalue weighted by molar-refractivity contribution is 0.0483. The number of terminal acetylenes is 1. The van der Waals surface area contributed by atoms with Crippen LogP contribution in [-0.2, 0) is 0 Å². The van der Waals surface area contributed by atoms with Crippen molar-refractivity contribution in [3.8, 4) is 12.3 Å². The van der Waals surface area contributed by atoms with E-state index >= 15 is 0 Å². The minimum Gasteiger partial charge on any atom is -0.396 e. The zero-order chi connectivity index (χ0) is 14.0. The minimum absolute atomic E-state index is 0.0206. The van der Waals surface area contributed by atoms with Crippen LogP contribution in [0.15, 0.2) is 36.4 Å². The van der Waals surface area contributed by atoms with Gasteiger partial charge in [-0.05, 0) is 24.8 Å². The Morgan fingerprint density at radius 2 is 1.84 bits per heavy atom. The van der Waals surface area contributed by atoms with Gasteiger partial charge in [-0.1, -0.05) is 42.5 Å². The third-order valence-electron chi connectivity index (χ3n) is 3.36. The van der Waals surface area contributed by atoms with E-state index in [0.29, 0.717) is 12.8 Å². The highest BCUT2D eigenvalue weighted by Gasteiger charge is 2.26. The van der Waals surface area contributed by atoms with Gasteiger partial charge in [0, 0.05) is 11.8 Å². The first kappa shape index (κ1) is 15.5. The Morgan fingerprint density at radius 1 is 1.16 bits per heavy atom. The molecule has 19 heavy (non-hydrogen) atoms. The molecule has 0 saturated heterocycles. The van der Waals surface area contributed by atoms with Crippen LogP contribution in [0, 0.1) is 17.8 Å². The second kappa shape index (κ2) is 8.53. The molecule has 0 radical (unpaired) electrons. The summed E-state index contributed by atoms with van der Waals surface area (Å²) in [5, 5.41) is 19.1. The van der Waals surface area contributed by atoms with Crippen LogP contribution in [0.1, 0.15) is 31.2 Å². The van der Waals surface area contributed by atoms with Crippen molar-refractivity contribution in [2.24, 2.45) is 5.41 Å². The smallest absolute Gasteiger partial charge is 0.0512 e. The molecule has 0 aromatic heterocycles. The molecule has 1 aromatic rings. The molecule has 0 saturated carbocycles. The van der Waals surface area contributed by atoms with Crippen LogP contribution in [0.25, 0.3) is 6.08 Å². The van der Waals surface area contributed by atoms with E-state index in [1.165, 1.54) is 0 Å². The zero-order valence-electron chi connectivity index (χ0n) is 11.3. The molecule has 0 aliphatic carbocycles. The van der Waals surface area contributed by atoms with Crippen LogP contribution < -0.4 is 0 Å². The highest BCUT2D eigenvalue weighted by atomic mass is 16.3. The number of aliphatic hydroxyl groups excluding tert-OH is 2. The third kappa shape index (κ3) is 5.30. The van der Waals surface area contributed by atoms with Crippen molar-refractivity contribution >= 4 is 6.08 Å². The molecule has 1 rings (SSSR count). The van der Waals surface area contributed by atoms with Crippen LogP contribution in [0.4, 0.5) is 0 Å². The molecule has 2 N–H and O–H groups in total. The van der Waals surface area contributed by atoms with E-state index in [0.717, 1.165) is 18.4 Å². The SMILES string of the molecule is C#CCCCC(CO)(CO)C/C=C/c1ccccc1. The van der Waals surface area contributed by atoms with Crippen molar-refractivity contribution in [1.29, 1.82) is 0 Å². The summed E-state index contributed by atoms with van der Waals surface area (Å²) in [5.74, 6) is 2.59. The number of benzene rings is 1. The quantitative estimate of drug-likeness (QED) is 0.556. The standard InChI is InChI=1S/C17H22O2/c1-2-3-7-12-17(14-18,15-19)13-8-11-16-9-5-4-6-10-16/h1,4-6,8-11,18-19H,3,7,12-15H2/b11-8+. The summed E-state index contributed by atoms with van der Waals surface area (Å²) in [6.45, 7) is -0.0413. The Kier molecular flexibility index (Phi) is 6.95. The van der Waals surface area contributed by atoms with Crippen molar-refractivity contribution in [1.82, 2.24) is 0 Å². The second-order valence-corrected chi connectivity index (χ2v) is 4.89. The highest BCUT2D eigenvalue weighted by molar-refractivity contribution is 5.48. The maximum absolute atomic E-state index is 9.53. The molecule has 0 heterocycles. The summed E-state index contributed by atoms with van der Waals surface area (Å²) in [5.41, 5.74) is 0.665. The largest absolute Gasteiger partial charge is 0.396 e. The maximum atomic E-state index is 9.53. The fourth-order valence-corrected chi connectivity index (χ4v) is 2.01. The molecule has 2 heteroatoms. The van der Waals surface area contributed by atoms with Gasteiger partial charge in [0.05, 0.1) is 13.2 Å². The molecular weight excluding hydrogens is 236 g/mol. The summed E-state index contributed by atoms with van der Waals surface area (Å²) in [7, 11) is 0. The summed E-state index contributed by atoms with van der Waals surface area (Å²) in [6.07, 6.45) is 12.2. The molecule has 0 aliphatic rings. The summed E-state index contributed by atoms with van der Waals surface area (Å²) in [6, 6.07) is 9.99. The fourth-order valence-electron chi connectivity index (χ4n) is 2.01. The maximum Gasteiger partial charge on any atom is 0.0512 e. The topological polar surface area (TPSA) is 40.5 Å². The van der Waals surface area contributed by atoms with Gasteiger partial charge < -0.3 is 10.2 Å². The molecular formula is C17H22O2. The van der Waals surface area contributed by atoms with E-state index < -0.39 is 5.41 Å². The van der Waals surface area contributed by atoms with Crippen LogP contribution in [0.2, 0.25) is 0 Å². The van der Waals surface area contributed by atoms with Crippen LogP contribution in [-0.4, -0.2) is 23.4 Å². The van der Waals surface area contributed by atoms with E-state index in [4.69, 9.17) is 6.42 Å². The Balaban J connectivity index is 2.58. The molecule has 0 unspecified atom stereocenters. The third-order valence-corrected chi connectivity index (χ3v) is 3.36. The first-order chi connectivity index (χ1) is 9.26. The number of unbranched alkanes of at least 4 members (excludes halogenated alkanes) is 1. The number of hydrogen-bond donors (Lipinski definition) is 2. The molecule has 0 atom stereocenters. The molecule has 2 nitrogen and oxygen atoms in total. The lowest BCUT2D eigenvalue weighted by atomic mass is 9.81. The van der Waals surface area contributed by atoms with Crippen molar-refractivity contribution in [2.75, 3.05) is 13.2 Å². The Hall–Kier alpha value is -1.56. The van der Waals surface area contributed by atoms with E-state index in [-0.39, 0.29) is 13.2 Å². The Morgan fingerprint density at radius 3 is 2.42 bits per heavy atom. The number of rotatable bonds is 8. The van der Waals surface area contributed by atoms with Gasteiger partial charge in [0.1, 0.15) is 0 Å². The lowest BCUT2D eigenvalue weighted by Gasteiger charge is -2.28. The summed E-state index contributed by atoms with van der Waals surface area (Å²) in [4.78, 5) is 0. The van der Waals surface area contributed by atoms with Crippen molar-refractivity contribution in [3.63, 3.8) is 0 Å². The van der Waals surface area contributed by atoms with Gasteiger partial charge in [-0.3, -0.25) is 0 Å². The second-order valence-electron chi connectivity index (χ2n) is 4.89. The molecule has 0 bridgehead atoms. The summed E-state index contributed by atoms with van der Waals surface area (Å²) >= 11 is 0.